The number of alkyl halides is 3. The van der Waals surface area contributed by atoms with Crippen molar-refractivity contribution in [1.82, 2.24) is 45.1 Å². The molecule has 73 heavy (non-hydrogen) atoms. The monoisotopic (exact) mass is 1000 g/mol. The Morgan fingerprint density at radius 2 is 1.64 bits per heavy atom. The van der Waals surface area contributed by atoms with Crippen molar-refractivity contribution in [3.05, 3.63) is 95.3 Å². The van der Waals surface area contributed by atoms with E-state index in [1.165, 1.54) is 12.0 Å². The van der Waals surface area contributed by atoms with Gasteiger partial charge in [-0.3, -0.25) is 43.8 Å². The molecule has 2 aromatic carbocycles. The van der Waals surface area contributed by atoms with Crippen molar-refractivity contribution in [2.75, 3.05) is 75.4 Å². The molecule has 0 unspecified atom stereocenters. The Morgan fingerprint density at radius 1 is 0.877 bits per heavy atom. The van der Waals surface area contributed by atoms with E-state index in [1.54, 1.807) is 58.5 Å². The molecule has 9 rings (SSSR count). The highest BCUT2D eigenvalue weighted by Crippen LogP contribution is 2.39. The molecular weight excluding hydrogens is 950 g/mol. The number of halogens is 3. The number of methoxy groups -OCH3 is 1. The van der Waals surface area contributed by atoms with E-state index in [-0.39, 0.29) is 85.3 Å². The number of anilines is 3. The first kappa shape index (κ1) is 50.1. The number of carbonyl (C=O) groups excluding carboxylic acids is 6. The van der Waals surface area contributed by atoms with Gasteiger partial charge in [0.15, 0.2) is 0 Å². The summed E-state index contributed by atoms with van der Waals surface area (Å²) in [4.78, 5) is 94.0. The number of aromatic nitrogens is 4. The Balaban J connectivity index is 0.867. The summed E-state index contributed by atoms with van der Waals surface area (Å²) in [5.74, 6) is -1.07. The molecule has 19 nitrogen and oxygen atoms in total. The maximum Gasteiger partial charge on any atom is 0.416 e. The minimum atomic E-state index is -4.60. The number of nitrogen functional groups attached to an aromatic ring is 1. The fourth-order valence-electron chi connectivity index (χ4n) is 9.90. The highest BCUT2D eigenvalue weighted by Gasteiger charge is 2.33. The highest BCUT2D eigenvalue weighted by molar-refractivity contribution is 6.08. The number of amides is 7. The van der Waals surface area contributed by atoms with Crippen LogP contribution in [0, 0.1) is 0 Å². The summed E-state index contributed by atoms with van der Waals surface area (Å²) in [6.07, 6.45) is 5.90. The van der Waals surface area contributed by atoms with Gasteiger partial charge in [-0.1, -0.05) is 24.3 Å². The van der Waals surface area contributed by atoms with E-state index >= 15 is 0 Å². The van der Waals surface area contributed by atoms with Crippen molar-refractivity contribution in [1.29, 1.82) is 0 Å². The zero-order chi connectivity index (χ0) is 51.4. The van der Waals surface area contributed by atoms with Crippen LogP contribution >= 0.6 is 0 Å². The van der Waals surface area contributed by atoms with Gasteiger partial charge in [0.2, 0.25) is 17.7 Å². The van der Waals surface area contributed by atoms with Crippen LogP contribution in [0.2, 0.25) is 0 Å². The summed E-state index contributed by atoms with van der Waals surface area (Å²) >= 11 is 0. The number of benzene rings is 2. The van der Waals surface area contributed by atoms with Crippen molar-refractivity contribution in [2.45, 2.75) is 69.6 Å². The third kappa shape index (κ3) is 11.3. The number of piperazine rings is 1. The highest BCUT2D eigenvalue weighted by atomic mass is 19.4. The number of nitrogens with two attached hydrogens (primary N) is 1. The average molecular weight is 1010 g/mol. The van der Waals surface area contributed by atoms with Crippen LogP contribution in [0.1, 0.15) is 89.3 Å². The standard InChI is InChI=1S/C51H55F3N12O7/c1-73-39-13-12-33(27-38(39)65-22-16-42(68)60-50(65)72)49(71)64-25-23-62(24-26-64)20-17-43(69)63-19-3-2-5-34-30-57-47(55)44-45(61-66(46(34)44)37-7-4-6-36(29-37)58-41(67)15-21-63)31-8-10-32(11-9-31)48(70)59-40-28-35(14-18-56-40)51(52,53)54/h2,5,8-14,18,27-28,30,36-37H,3-4,6-7,15-17,19-26,29H2,1H3,(H2,55,57)(H,58,67)(H,56,59,70)(H,60,68,72)/b5-2+/t36-,37-/m1/s1. The molecule has 2 atom stereocenters. The van der Waals surface area contributed by atoms with Gasteiger partial charge in [-0.2, -0.15) is 18.3 Å². The Kier molecular flexibility index (Phi) is 14.7. The Morgan fingerprint density at radius 3 is 2.40 bits per heavy atom. The van der Waals surface area contributed by atoms with Crippen molar-refractivity contribution in [3.8, 4) is 17.0 Å². The second-order valence-corrected chi connectivity index (χ2v) is 18.5. The molecule has 5 aromatic rings. The van der Waals surface area contributed by atoms with E-state index in [1.807, 2.05) is 16.8 Å². The molecular formula is C51H55F3N12O7. The van der Waals surface area contributed by atoms with E-state index in [4.69, 9.17) is 15.6 Å². The van der Waals surface area contributed by atoms with Gasteiger partial charge in [0, 0.05) is 112 Å². The lowest BCUT2D eigenvalue weighted by molar-refractivity contribution is -0.137. The Labute approximate surface area is 417 Å². The zero-order valence-corrected chi connectivity index (χ0v) is 40.1. The maximum atomic E-state index is 13.9. The van der Waals surface area contributed by atoms with E-state index < -0.39 is 23.7 Å². The molecule has 2 saturated heterocycles. The summed E-state index contributed by atoms with van der Waals surface area (Å²) in [5.41, 5.74) is 9.30. The maximum absolute atomic E-state index is 13.9. The van der Waals surface area contributed by atoms with Crippen LogP contribution < -0.4 is 31.3 Å². The number of urea groups is 1. The number of carbonyl (C=O) groups is 6. The van der Waals surface area contributed by atoms with Gasteiger partial charge in [0.25, 0.3) is 11.8 Å². The van der Waals surface area contributed by atoms with Gasteiger partial charge in [0.1, 0.15) is 23.1 Å². The molecule has 0 radical (unpaired) electrons. The molecule has 1 saturated carbocycles. The first-order chi connectivity index (χ1) is 35.1. The third-order valence-corrected chi connectivity index (χ3v) is 13.8. The summed E-state index contributed by atoms with van der Waals surface area (Å²) in [7, 11) is 1.47. The van der Waals surface area contributed by atoms with Crippen molar-refractivity contribution in [2.24, 2.45) is 0 Å². The smallest absolute Gasteiger partial charge is 0.416 e. The third-order valence-electron chi connectivity index (χ3n) is 13.8. The number of fused-ring (bicyclic) bond motifs is 3. The fraction of sp³-hybridized carbons (Fsp3) is 0.392. The van der Waals surface area contributed by atoms with Crippen LogP contribution in [-0.4, -0.2) is 136 Å². The van der Waals surface area contributed by atoms with Crippen LogP contribution in [-0.2, 0) is 20.6 Å². The molecule has 4 aliphatic rings. The molecule has 3 aromatic heterocycles. The van der Waals surface area contributed by atoms with E-state index in [9.17, 15) is 41.9 Å². The van der Waals surface area contributed by atoms with Crippen molar-refractivity contribution >= 4 is 69.9 Å². The van der Waals surface area contributed by atoms with Crippen molar-refractivity contribution in [3.63, 3.8) is 0 Å². The van der Waals surface area contributed by atoms with Gasteiger partial charge in [-0.05, 0) is 74.6 Å². The number of nitrogens with zero attached hydrogens (tertiary/aromatic N) is 8. The number of imide groups is 1. The van der Waals surface area contributed by atoms with Gasteiger partial charge >= 0.3 is 12.2 Å². The molecule has 7 amide bonds. The van der Waals surface area contributed by atoms with Crippen molar-refractivity contribution < 1.29 is 46.7 Å². The number of pyridine rings is 2. The summed E-state index contributed by atoms with van der Waals surface area (Å²) < 4.78 is 47.3. The quantitative estimate of drug-likeness (QED) is 0.136. The number of nitrogens with one attached hydrogen (secondary N) is 3. The first-order valence-electron chi connectivity index (χ1n) is 24.3. The van der Waals surface area contributed by atoms with Crippen LogP contribution in [0.5, 0.6) is 5.75 Å². The molecule has 0 spiro atoms. The Bertz CT molecular complexity index is 2970. The van der Waals surface area contributed by atoms with Crippen LogP contribution in [0.4, 0.5) is 35.3 Å². The van der Waals surface area contributed by atoms with E-state index in [0.717, 1.165) is 48.7 Å². The molecule has 6 heterocycles. The molecule has 3 aliphatic heterocycles. The normalized spacial score (nSPS) is 19.6. The molecule has 3 fully saturated rings. The van der Waals surface area contributed by atoms with Crippen LogP contribution in [0.25, 0.3) is 28.2 Å². The summed E-state index contributed by atoms with van der Waals surface area (Å²) in [6, 6.07) is 12.1. The lowest BCUT2D eigenvalue weighted by Crippen LogP contribution is -2.50. The van der Waals surface area contributed by atoms with E-state index in [2.05, 4.69) is 30.8 Å². The minimum absolute atomic E-state index is 0.0916. The molecule has 22 heteroatoms. The summed E-state index contributed by atoms with van der Waals surface area (Å²) in [5, 5.41) is 13.7. The lowest BCUT2D eigenvalue weighted by Gasteiger charge is -2.35. The van der Waals surface area contributed by atoms with Gasteiger partial charge in [-0.15, -0.1) is 0 Å². The van der Waals surface area contributed by atoms with Gasteiger partial charge in [0.05, 0.1) is 35.3 Å². The fourth-order valence-corrected chi connectivity index (χ4v) is 9.90. The summed E-state index contributed by atoms with van der Waals surface area (Å²) in [6.45, 7) is 3.17. The first-order valence-corrected chi connectivity index (χ1v) is 24.3. The number of ether oxygens (including phenoxy) is 1. The molecule has 1 aliphatic carbocycles. The second kappa shape index (κ2) is 21.5. The minimum Gasteiger partial charge on any atom is -0.495 e. The number of hydrogen-bond donors (Lipinski definition) is 4. The van der Waals surface area contributed by atoms with Gasteiger partial charge in [-0.25, -0.2) is 14.8 Å². The predicted octanol–water partition coefficient (Wildman–Crippen LogP) is 5.89. The SMILES string of the molecule is COc1ccc(C(=O)N2CCN(CCC(=O)N3CC/C=C/c4cnc(N)c5c(-c6ccc(C(=O)Nc7cc(C(F)(F)F)ccn7)cc6)nn(c45)[C@@H]4CCC[C@H](C4)NC(=O)CC3)CC2)cc1N1CCC(=O)NC1=O. The Hall–Kier alpha value is -7.88. The topological polar surface area (TPSA) is 230 Å². The van der Waals surface area contributed by atoms with Crippen LogP contribution in [0.3, 0.4) is 0 Å². The average Bonchev–Trinajstić information content (AvgIpc) is 3.80. The van der Waals surface area contributed by atoms with Gasteiger partial charge < -0.3 is 30.9 Å². The zero-order valence-electron chi connectivity index (χ0n) is 40.1. The number of hydrogen-bond acceptors (Lipinski definition) is 12. The largest absolute Gasteiger partial charge is 0.495 e. The predicted molar refractivity (Wildman–Crippen MR) is 264 cm³/mol. The molecule has 5 N–H and O–H groups in total. The number of rotatable bonds is 9. The molecule has 2 bridgehead atoms. The molecule has 382 valence electrons. The second-order valence-electron chi connectivity index (χ2n) is 18.5. The van der Waals surface area contributed by atoms with Crippen LogP contribution in [0.15, 0.2) is 73.1 Å². The lowest BCUT2D eigenvalue weighted by atomic mass is 9.90. The van der Waals surface area contributed by atoms with E-state index in [0.29, 0.717) is 85.8 Å².